The van der Waals surface area contributed by atoms with Crippen LogP contribution in [0.25, 0.3) is 5.00 Å². The molecule has 5 rings (SSSR count). The monoisotopic (exact) mass is 553 g/mol. The molecule has 1 atom stereocenters. The minimum atomic E-state index is -4.48. The summed E-state index contributed by atoms with van der Waals surface area (Å²) in [7, 11) is 0. The van der Waals surface area contributed by atoms with Crippen LogP contribution in [0.1, 0.15) is 61.6 Å². The van der Waals surface area contributed by atoms with E-state index in [1.165, 1.54) is 0 Å². The lowest BCUT2D eigenvalue weighted by Gasteiger charge is -2.12. The number of nitrogens with zero attached hydrogens (tertiary/aromatic N) is 4. The van der Waals surface area contributed by atoms with Gasteiger partial charge in [-0.05, 0) is 62.7 Å². The molecule has 12 heteroatoms. The molecule has 0 unspecified atom stereocenters. The third-order valence-corrected chi connectivity index (χ3v) is 7.69. The third kappa shape index (κ3) is 4.94. The molecule has 3 heterocycles. The molecule has 2 aromatic carbocycles. The van der Waals surface area contributed by atoms with Gasteiger partial charge in [0.15, 0.2) is 5.82 Å². The van der Waals surface area contributed by atoms with Crippen LogP contribution in [-0.4, -0.2) is 37.5 Å². The van der Waals surface area contributed by atoms with Gasteiger partial charge in [-0.2, -0.15) is 13.2 Å². The molecule has 0 radical (unpaired) electrons. The number of fused-ring (bicyclic) bond motifs is 3. The molecule has 0 saturated carbocycles. The van der Waals surface area contributed by atoms with E-state index >= 15 is 0 Å². The maximum absolute atomic E-state index is 12.8. The SMILES string of the molecule is Cc1sc2c(c1C)C(c1ccc(NC(=O)c3ccc(C(F)(F)F)cc3)cc1)=N[C@@H](CC(=O)O)c1nnc(C)n1-2. The number of carbonyl (C=O) groups is 2. The van der Waals surface area contributed by atoms with E-state index in [0.29, 0.717) is 28.6 Å². The average Bonchev–Trinajstić information content (AvgIpc) is 3.36. The van der Waals surface area contributed by atoms with Crippen LogP contribution in [0.15, 0.2) is 53.5 Å². The van der Waals surface area contributed by atoms with Crippen LogP contribution in [0.3, 0.4) is 0 Å². The number of rotatable bonds is 5. The lowest BCUT2D eigenvalue weighted by Crippen LogP contribution is -2.13. The highest BCUT2D eigenvalue weighted by Gasteiger charge is 2.32. The minimum Gasteiger partial charge on any atom is -0.481 e. The molecule has 8 nitrogen and oxygen atoms in total. The van der Waals surface area contributed by atoms with Crippen LogP contribution in [-0.2, 0) is 11.0 Å². The number of thiophene rings is 1. The lowest BCUT2D eigenvalue weighted by atomic mass is 9.99. The van der Waals surface area contributed by atoms with Gasteiger partial charge in [0.25, 0.3) is 5.91 Å². The quantitative estimate of drug-likeness (QED) is 0.320. The van der Waals surface area contributed by atoms with E-state index in [-0.39, 0.29) is 12.0 Å². The van der Waals surface area contributed by atoms with Crippen molar-refractivity contribution < 1.29 is 27.9 Å². The molecular formula is C27H22F3N5O3S. The molecule has 0 bridgehead atoms. The fourth-order valence-corrected chi connectivity index (χ4v) is 5.63. The van der Waals surface area contributed by atoms with Crippen molar-refractivity contribution in [3.8, 4) is 5.00 Å². The maximum Gasteiger partial charge on any atom is 0.416 e. The Hall–Kier alpha value is -4.32. The van der Waals surface area contributed by atoms with Crippen LogP contribution < -0.4 is 5.32 Å². The van der Waals surface area contributed by atoms with E-state index in [0.717, 1.165) is 45.3 Å². The number of anilines is 1. The number of carboxylic acids is 1. The largest absolute Gasteiger partial charge is 0.481 e. The molecular weight excluding hydrogens is 531 g/mol. The van der Waals surface area contributed by atoms with Crippen molar-refractivity contribution in [3.63, 3.8) is 0 Å². The number of carbonyl (C=O) groups excluding carboxylic acids is 1. The summed E-state index contributed by atoms with van der Waals surface area (Å²) < 4.78 is 40.3. The van der Waals surface area contributed by atoms with Crippen LogP contribution >= 0.6 is 11.3 Å². The summed E-state index contributed by atoms with van der Waals surface area (Å²) in [4.78, 5) is 30.2. The smallest absolute Gasteiger partial charge is 0.416 e. The van der Waals surface area contributed by atoms with Crippen LogP contribution in [0.4, 0.5) is 18.9 Å². The molecule has 4 aromatic rings. The number of benzene rings is 2. The van der Waals surface area contributed by atoms with Gasteiger partial charge < -0.3 is 10.4 Å². The number of aliphatic carboxylic acids is 1. The summed E-state index contributed by atoms with van der Waals surface area (Å²) in [5, 5.41) is 21.5. The minimum absolute atomic E-state index is 0.0872. The van der Waals surface area contributed by atoms with Crippen molar-refractivity contribution in [3.05, 3.63) is 92.9 Å². The van der Waals surface area contributed by atoms with Gasteiger partial charge in [-0.3, -0.25) is 19.1 Å². The first-order chi connectivity index (χ1) is 18.4. The standard InChI is InChI=1S/C27H22F3N5O3S/c1-13-14(2)39-26-22(13)23(32-20(12-21(36)37)24-34-33-15(3)35(24)26)16-6-10-19(11-7-16)31-25(38)17-4-8-18(9-5-17)27(28,29)30/h4-11,20H,12H2,1-3H3,(H,31,38)(H,36,37)/t20-/m0/s1. The van der Waals surface area contributed by atoms with Gasteiger partial charge >= 0.3 is 12.1 Å². The van der Waals surface area contributed by atoms with Crippen molar-refractivity contribution in [2.45, 2.75) is 39.4 Å². The Balaban J connectivity index is 1.49. The van der Waals surface area contributed by atoms with Gasteiger partial charge in [-0.1, -0.05) is 12.1 Å². The van der Waals surface area contributed by atoms with Gasteiger partial charge in [-0.25, -0.2) is 0 Å². The van der Waals surface area contributed by atoms with Gasteiger partial charge in [0.1, 0.15) is 16.9 Å². The van der Waals surface area contributed by atoms with Gasteiger partial charge in [0.2, 0.25) is 0 Å². The zero-order chi connectivity index (χ0) is 28.1. The van der Waals surface area contributed by atoms with Crippen molar-refractivity contribution >= 4 is 34.6 Å². The molecule has 0 aliphatic carbocycles. The number of aromatic nitrogens is 3. The molecule has 2 aromatic heterocycles. The van der Waals surface area contributed by atoms with Crippen LogP contribution in [0.5, 0.6) is 0 Å². The van der Waals surface area contributed by atoms with Crippen molar-refractivity contribution in [2.75, 3.05) is 5.32 Å². The summed E-state index contributed by atoms with van der Waals surface area (Å²) in [5.74, 6) is -0.493. The number of aryl methyl sites for hydroxylation is 2. The van der Waals surface area contributed by atoms with Crippen molar-refractivity contribution in [1.29, 1.82) is 0 Å². The summed E-state index contributed by atoms with van der Waals surface area (Å²) in [6.07, 6.45) is -4.75. The first-order valence-electron chi connectivity index (χ1n) is 11.9. The lowest BCUT2D eigenvalue weighted by molar-refractivity contribution is -0.138. The Morgan fingerprint density at radius 2 is 1.69 bits per heavy atom. The Labute approximate surface area is 224 Å². The first kappa shape index (κ1) is 26.3. The number of aliphatic imine (C=N–C) groups is 1. The van der Waals surface area contributed by atoms with Crippen LogP contribution in [0, 0.1) is 20.8 Å². The topological polar surface area (TPSA) is 109 Å². The number of hydrogen-bond acceptors (Lipinski definition) is 6. The van der Waals surface area contributed by atoms with Gasteiger partial charge in [0.05, 0.1) is 17.7 Å². The van der Waals surface area contributed by atoms with E-state index in [2.05, 4.69) is 15.5 Å². The average molecular weight is 554 g/mol. The molecule has 200 valence electrons. The Bertz CT molecular complexity index is 1620. The zero-order valence-electron chi connectivity index (χ0n) is 21.0. The number of alkyl halides is 3. The van der Waals surface area contributed by atoms with Crippen molar-refractivity contribution in [1.82, 2.24) is 14.8 Å². The van der Waals surface area contributed by atoms with E-state index in [1.807, 2.05) is 25.3 Å². The van der Waals surface area contributed by atoms with E-state index < -0.39 is 29.7 Å². The normalized spacial score (nSPS) is 14.7. The fourth-order valence-electron chi connectivity index (χ4n) is 4.42. The molecule has 0 fully saturated rings. The second kappa shape index (κ2) is 9.77. The van der Waals surface area contributed by atoms with E-state index in [1.54, 1.807) is 35.6 Å². The third-order valence-electron chi connectivity index (χ3n) is 6.50. The fraction of sp³-hybridized carbons (Fsp3) is 0.222. The van der Waals surface area contributed by atoms with Crippen LogP contribution in [0.2, 0.25) is 0 Å². The van der Waals surface area contributed by atoms with Gasteiger partial charge in [0, 0.05) is 27.3 Å². The Morgan fingerprint density at radius 1 is 1.03 bits per heavy atom. The van der Waals surface area contributed by atoms with E-state index in [9.17, 15) is 27.9 Å². The summed E-state index contributed by atoms with van der Waals surface area (Å²) in [6.45, 7) is 5.79. The highest BCUT2D eigenvalue weighted by Crippen LogP contribution is 2.39. The molecule has 1 amide bonds. The summed E-state index contributed by atoms with van der Waals surface area (Å²) in [6, 6.07) is 10.0. The Morgan fingerprint density at radius 3 is 2.31 bits per heavy atom. The van der Waals surface area contributed by atoms with E-state index in [4.69, 9.17) is 4.99 Å². The molecule has 1 aliphatic rings. The van der Waals surface area contributed by atoms with Crippen molar-refractivity contribution in [2.24, 2.45) is 4.99 Å². The maximum atomic E-state index is 12.8. The Kier molecular flexibility index (Phi) is 6.59. The predicted octanol–water partition coefficient (Wildman–Crippen LogP) is 5.89. The molecule has 1 aliphatic heterocycles. The number of nitrogens with one attached hydrogen (secondary N) is 1. The summed E-state index contributed by atoms with van der Waals surface area (Å²) >= 11 is 1.55. The number of carboxylic acid groups (broad SMARTS) is 1. The number of halogens is 3. The predicted molar refractivity (Wildman–Crippen MR) is 140 cm³/mol. The highest BCUT2D eigenvalue weighted by atomic mass is 32.1. The second-order valence-corrected chi connectivity index (χ2v) is 10.3. The molecule has 39 heavy (non-hydrogen) atoms. The number of amides is 1. The second-order valence-electron chi connectivity index (χ2n) is 9.10. The summed E-state index contributed by atoms with van der Waals surface area (Å²) in [5.41, 5.74) is 2.86. The first-order valence-corrected chi connectivity index (χ1v) is 12.7. The van der Waals surface area contributed by atoms with Gasteiger partial charge in [-0.15, -0.1) is 21.5 Å². The molecule has 0 spiro atoms. The zero-order valence-corrected chi connectivity index (χ0v) is 21.8. The number of hydrogen-bond donors (Lipinski definition) is 2. The highest BCUT2D eigenvalue weighted by molar-refractivity contribution is 7.15. The molecule has 2 N–H and O–H groups in total. The molecule has 0 saturated heterocycles.